The third-order valence-electron chi connectivity index (χ3n) is 6.11. The van der Waals surface area contributed by atoms with E-state index < -0.39 is 0 Å². The first-order valence-electron chi connectivity index (χ1n) is 10.5. The van der Waals surface area contributed by atoms with Gasteiger partial charge in [-0.3, -0.25) is 14.4 Å². The van der Waals surface area contributed by atoms with E-state index in [0.717, 1.165) is 36.1 Å². The third kappa shape index (κ3) is 3.95. The molecular formula is C24H27N3O3. The van der Waals surface area contributed by atoms with Crippen molar-refractivity contribution in [3.05, 3.63) is 64.7 Å². The fourth-order valence-corrected chi connectivity index (χ4v) is 4.36. The van der Waals surface area contributed by atoms with Gasteiger partial charge in [-0.15, -0.1) is 0 Å². The molecule has 6 nitrogen and oxygen atoms in total. The molecule has 0 bridgehead atoms. The van der Waals surface area contributed by atoms with Crippen molar-refractivity contribution < 1.29 is 14.4 Å². The minimum absolute atomic E-state index is 0.0164. The number of benzene rings is 2. The lowest BCUT2D eigenvalue weighted by Crippen LogP contribution is -2.46. The Kier molecular flexibility index (Phi) is 5.57. The summed E-state index contributed by atoms with van der Waals surface area (Å²) in [6.07, 6.45) is 2.27. The lowest BCUT2D eigenvalue weighted by Gasteiger charge is -2.32. The summed E-state index contributed by atoms with van der Waals surface area (Å²) in [4.78, 5) is 40.8. The molecule has 2 aromatic carbocycles. The van der Waals surface area contributed by atoms with E-state index in [4.69, 9.17) is 0 Å². The van der Waals surface area contributed by atoms with Crippen LogP contribution in [0.2, 0.25) is 0 Å². The number of rotatable bonds is 3. The van der Waals surface area contributed by atoms with Crippen LogP contribution < -0.4 is 10.2 Å². The van der Waals surface area contributed by atoms with Crippen LogP contribution in [0.25, 0.3) is 0 Å². The maximum Gasteiger partial charge on any atom is 0.253 e. The van der Waals surface area contributed by atoms with Gasteiger partial charge in [0.05, 0.1) is 0 Å². The molecule has 30 heavy (non-hydrogen) atoms. The topological polar surface area (TPSA) is 69.7 Å². The Balaban J connectivity index is 1.35. The number of likely N-dealkylation sites (tertiary alicyclic amines) is 1. The van der Waals surface area contributed by atoms with Gasteiger partial charge < -0.3 is 15.1 Å². The van der Waals surface area contributed by atoms with Gasteiger partial charge in [-0.05, 0) is 61.6 Å². The van der Waals surface area contributed by atoms with Crippen molar-refractivity contribution in [2.45, 2.75) is 39.2 Å². The smallest absolute Gasteiger partial charge is 0.253 e. The van der Waals surface area contributed by atoms with Gasteiger partial charge in [-0.2, -0.15) is 0 Å². The predicted octanol–water partition coefficient (Wildman–Crippen LogP) is 2.94. The van der Waals surface area contributed by atoms with Crippen molar-refractivity contribution in [1.82, 2.24) is 10.2 Å². The van der Waals surface area contributed by atoms with Crippen molar-refractivity contribution in [3.63, 3.8) is 0 Å². The molecule has 0 aliphatic carbocycles. The number of nitrogens with zero attached hydrogens (tertiary/aromatic N) is 2. The van der Waals surface area contributed by atoms with E-state index >= 15 is 0 Å². The molecule has 0 spiro atoms. The minimum Gasteiger partial charge on any atom is -0.349 e. The van der Waals surface area contributed by atoms with Crippen molar-refractivity contribution in [1.29, 1.82) is 0 Å². The van der Waals surface area contributed by atoms with Gasteiger partial charge in [0.1, 0.15) is 0 Å². The van der Waals surface area contributed by atoms with Crippen LogP contribution in [0.5, 0.6) is 0 Å². The number of hydrogen-bond acceptors (Lipinski definition) is 3. The van der Waals surface area contributed by atoms with E-state index in [1.165, 1.54) is 0 Å². The van der Waals surface area contributed by atoms with E-state index in [9.17, 15) is 14.4 Å². The van der Waals surface area contributed by atoms with Crippen LogP contribution >= 0.6 is 0 Å². The van der Waals surface area contributed by atoms with Crippen LogP contribution in [0.3, 0.4) is 0 Å². The lowest BCUT2D eigenvalue weighted by atomic mass is 10.0. The summed E-state index contributed by atoms with van der Waals surface area (Å²) >= 11 is 0. The molecule has 1 saturated heterocycles. The molecule has 0 radical (unpaired) electrons. The van der Waals surface area contributed by atoms with Crippen molar-refractivity contribution in [3.8, 4) is 0 Å². The monoisotopic (exact) mass is 405 g/mol. The van der Waals surface area contributed by atoms with E-state index in [-0.39, 0.29) is 23.8 Å². The van der Waals surface area contributed by atoms with Crippen molar-refractivity contribution >= 4 is 23.4 Å². The molecule has 1 N–H and O–H groups in total. The average Bonchev–Trinajstić information content (AvgIpc) is 3.17. The quantitative estimate of drug-likeness (QED) is 0.854. The summed E-state index contributed by atoms with van der Waals surface area (Å²) in [6, 6.07) is 13.3. The van der Waals surface area contributed by atoms with Crippen LogP contribution in [0.1, 0.15) is 51.6 Å². The molecule has 156 valence electrons. The Morgan fingerprint density at radius 1 is 1.00 bits per heavy atom. The summed E-state index contributed by atoms with van der Waals surface area (Å²) in [5, 5.41) is 3.11. The largest absolute Gasteiger partial charge is 0.349 e. The SMILES string of the molecule is CC(=O)N1CCc2cc(C(=O)N3CCC(NC(=O)c4ccccc4C)CC3)ccc21. The number of amides is 3. The second kappa shape index (κ2) is 8.30. The minimum atomic E-state index is -0.0495. The maximum atomic E-state index is 13.0. The van der Waals surface area contributed by atoms with E-state index in [1.807, 2.05) is 54.3 Å². The van der Waals surface area contributed by atoms with Gasteiger partial charge in [0.15, 0.2) is 0 Å². The molecule has 2 aliphatic rings. The first-order chi connectivity index (χ1) is 14.4. The number of fused-ring (bicyclic) bond motifs is 1. The molecule has 2 heterocycles. The number of anilines is 1. The molecule has 0 aromatic heterocycles. The van der Waals surface area contributed by atoms with E-state index in [2.05, 4.69) is 5.32 Å². The zero-order chi connectivity index (χ0) is 21.3. The molecule has 0 unspecified atom stereocenters. The number of aryl methyl sites for hydroxylation is 1. The zero-order valence-electron chi connectivity index (χ0n) is 17.5. The Morgan fingerprint density at radius 2 is 1.73 bits per heavy atom. The summed E-state index contributed by atoms with van der Waals surface area (Å²) in [7, 11) is 0. The normalized spacial score (nSPS) is 16.3. The fourth-order valence-electron chi connectivity index (χ4n) is 4.36. The average molecular weight is 405 g/mol. The highest BCUT2D eigenvalue weighted by Gasteiger charge is 2.27. The summed E-state index contributed by atoms with van der Waals surface area (Å²) < 4.78 is 0. The zero-order valence-corrected chi connectivity index (χ0v) is 17.5. The Labute approximate surface area is 176 Å². The Morgan fingerprint density at radius 3 is 2.43 bits per heavy atom. The van der Waals surface area contributed by atoms with Gasteiger partial charge in [-0.1, -0.05) is 18.2 Å². The molecule has 3 amide bonds. The maximum absolute atomic E-state index is 13.0. The first kappa shape index (κ1) is 20.1. The lowest BCUT2D eigenvalue weighted by molar-refractivity contribution is -0.116. The van der Waals surface area contributed by atoms with Crippen LogP contribution in [-0.2, 0) is 11.2 Å². The summed E-state index contributed by atoms with van der Waals surface area (Å²) in [5.41, 5.74) is 4.30. The van der Waals surface area contributed by atoms with Gasteiger partial charge in [0, 0.05) is 49.4 Å². The number of carbonyl (C=O) groups excluding carboxylic acids is 3. The van der Waals surface area contributed by atoms with Gasteiger partial charge >= 0.3 is 0 Å². The third-order valence-corrected chi connectivity index (χ3v) is 6.11. The molecular weight excluding hydrogens is 378 g/mol. The second-order valence-electron chi connectivity index (χ2n) is 8.12. The fraction of sp³-hybridized carbons (Fsp3) is 0.375. The summed E-state index contributed by atoms with van der Waals surface area (Å²) in [6.45, 7) is 5.41. The molecule has 4 rings (SSSR count). The van der Waals surface area contributed by atoms with Gasteiger partial charge in [0.25, 0.3) is 11.8 Å². The molecule has 0 atom stereocenters. The molecule has 6 heteroatoms. The Bertz CT molecular complexity index is 993. The van der Waals surface area contributed by atoms with E-state index in [1.54, 1.807) is 11.8 Å². The van der Waals surface area contributed by atoms with Gasteiger partial charge in [0.2, 0.25) is 5.91 Å². The number of carbonyl (C=O) groups is 3. The number of nitrogens with one attached hydrogen (secondary N) is 1. The van der Waals surface area contributed by atoms with Crippen LogP contribution in [0.4, 0.5) is 5.69 Å². The van der Waals surface area contributed by atoms with Crippen LogP contribution in [-0.4, -0.2) is 48.3 Å². The highest BCUT2D eigenvalue weighted by Crippen LogP contribution is 2.29. The van der Waals surface area contributed by atoms with Crippen LogP contribution in [0, 0.1) is 6.92 Å². The highest BCUT2D eigenvalue weighted by molar-refractivity contribution is 5.98. The predicted molar refractivity (Wildman–Crippen MR) is 116 cm³/mol. The van der Waals surface area contributed by atoms with Crippen LogP contribution in [0.15, 0.2) is 42.5 Å². The Hall–Kier alpha value is -3.15. The second-order valence-corrected chi connectivity index (χ2v) is 8.12. The highest BCUT2D eigenvalue weighted by atomic mass is 16.2. The van der Waals surface area contributed by atoms with Crippen molar-refractivity contribution in [2.75, 3.05) is 24.5 Å². The van der Waals surface area contributed by atoms with Crippen molar-refractivity contribution in [2.24, 2.45) is 0 Å². The standard InChI is InChI=1S/C24H27N3O3/c1-16-5-3-4-6-21(16)23(29)25-20-10-12-26(13-11-20)24(30)19-7-8-22-18(15-19)9-14-27(22)17(2)28/h3-8,15,20H,9-14H2,1-2H3,(H,25,29). The van der Waals surface area contributed by atoms with Gasteiger partial charge in [-0.25, -0.2) is 0 Å². The number of hydrogen-bond donors (Lipinski definition) is 1. The molecule has 2 aliphatic heterocycles. The van der Waals surface area contributed by atoms with E-state index in [0.29, 0.717) is 30.8 Å². The summed E-state index contributed by atoms with van der Waals surface area (Å²) in [5.74, 6) is -0.00285. The first-order valence-corrected chi connectivity index (χ1v) is 10.5. The molecule has 0 saturated carbocycles. The molecule has 2 aromatic rings. The molecule has 1 fully saturated rings. The number of piperidine rings is 1.